The van der Waals surface area contributed by atoms with Crippen molar-refractivity contribution in [2.75, 3.05) is 14.2 Å². The molecule has 1 aromatic carbocycles. The lowest BCUT2D eigenvalue weighted by atomic mass is 9.88. The van der Waals surface area contributed by atoms with E-state index in [1.54, 1.807) is 37.2 Å². The van der Waals surface area contributed by atoms with Crippen molar-refractivity contribution in [3.8, 4) is 22.2 Å². The summed E-state index contributed by atoms with van der Waals surface area (Å²) in [5.74, 6) is 1.41. The van der Waals surface area contributed by atoms with Crippen molar-refractivity contribution < 1.29 is 19.4 Å². The van der Waals surface area contributed by atoms with Crippen LogP contribution in [0, 0.1) is 5.92 Å². The van der Waals surface area contributed by atoms with Gasteiger partial charge in [-0.1, -0.05) is 45.4 Å². The van der Waals surface area contributed by atoms with E-state index in [1.165, 1.54) is 44.6 Å². The fourth-order valence-electron chi connectivity index (χ4n) is 3.77. The molecule has 7 nitrogen and oxygen atoms in total. The van der Waals surface area contributed by atoms with Crippen LogP contribution in [0.2, 0.25) is 0 Å². The van der Waals surface area contributed by atoms with Crippen molar-refractivity contribution in [3.63, 3.8) is 0 Å². The van der Waals surface area contributed by atoms with Crippen molar-refractivity contribution in [2.24, 2.45) is 11.7 Å². The van der Waals surface area contributed by atoms with Gasteiger partial charge in [-0.3, -0.25) is 9.36 Å². The van der Waals surface area contributed by atoms with Gasteiger partial charge < -0.3 is 20.3 Å². The summed E-state index contributed by atoms with van der Waals surface area (Å²) in [6.45, 7) is 2.32. The summed E-state index contributed by atoms with van der Waals surface area (Å²) in [5, 5.41) is 10.4. The lowest BCUT2D eigenvalue weighted by Gasteiger charge is -2.18. The Morgan fingerprint density at radius 1 is 1.20 bits per heavy atom. The highest BCUT2D eigenvalue weighted by atomic mass is 32.1. The predicted octanol–water partition coefficient (Wildman–Crippen LogP) is 4.89. The zero-order chi connectivity index (χ0) is 21.7. The summed E-state index contributed by atoms with van der Waals surface area (Å²) in [7, 11) is 3.10. The smallest absolute Gasteiger partial charge is 0.262 e. The summed E-state index contributed by atoms with van der Waals surface area (Å²) in [6.07, 6.45) is 10.5. The van der Waals surface area contributed by atoms with Gasteiger partial charge in [-0.25, -0.2) is 4.98 Å². The highest BCUT2D eigenvalue weighted by Gasteiger charge is 2.17. The van der Waals surface area contributed by atoms with Crippen molar-refractivity contribution in [1.82, 2.24) is 9.55 Å². The average Bonchev–Trinajstić information content (AvgIpc) is 3.36. The minimum absolute atomic E-state index is 0.109. The minimum Gasteiger partial charge on any atom is -0.506 e. The number of ether oxygens (including phenoxy) is 2. The molecule has 0 bridgehead atoms. The van der Waals surface area contributed by atoms with Crippen molar-refractivity contribution in [2.45, 2.75) is 45.4 Å². The molecule has 0 spiro atoms. The number of nitrogens with two attached hydrogens (primary N) is 1. The van der Waals surface area contributed by atoms with E-state index in [0.717, 1.165) is 22.8 Å². The molecule has 0 unspecified atom stereocenters. The van der Waals surface area contributed by atoms with E-state index >= 15 is 0 Å². The Morgan fingerprint density at radius 2 is 1.87 bits per heavy atom. The number of aromatic nitrogens is 2. The molecular formula is C22H29N3O4S. The molecule has 1 aliphatic rings. The van der Waals surface area contributed by atoms with Crippen LogP contribution in [0.4, 0.5) is 0 Å². The van der Waals surface area contributed by atoms with Crippen LogP contribution in [0.5, 0.6) is 17.2 Å². The Kier molecular flexibility index (Phi) is 7.20. The van der Waals surface area contributed by atoms with Crippen molar-refractivity contribution >= 4 is 28.3 Å². The Bertz CT molecular complexity index is 1010. The monoisotopic (exact) mass is 431 g/mol. The molecule has 8 heteroatoms. The Labute approximate surface area is 180 Å². The lowest BCUT2D eigenvalue weighted by Crippen LogP contribution is -2.08. The van der Waals surface area contributed by atoms with Crippen LogP contribution in [0.1, 0.15) is 55.1 Å². The number of carbonyl (C=O) groups is 1. The lowest BCUT2D eigenvalue weighted by molar-refractivity contribution is 0.100. The van der Waals surface area contributed by atoms with Gasteiger partial charge in [-0.05, 0) is 5.92 Å². The van der Waals surface area contributed by atoms with Crippen LogP contribution in [0.25, 0.3) is 16.0 Å². The molecule has 1 amide bonds. The van der Waals surface area contributed by atoms with Gasteiger partial charge in [0, 0.05) is 18.2 Å². The van der Waals surface area contributed by atoms with Gasteiger partial charge in [-0.15, -0.1) is 11.3 Å². The second-order valence-corrected chi connectivity index (χ2v) is 8.42. The molecule has 3 N–H and O–H groups in total. The number of thiophene rings is 1. The molecule has 1 fully saturated rings. The number of nitrogens with zero attached hydrogens (tertiary/aromatic N) is 2. The van der Waals surface area contributed by atoms with Gasteiger partial charge in [0.2, 0.25) is 0 Å². The number of amides is 1. The quantitative estimate of drug-likeness (QED) is 0.599. The number of hydrogen-bond acceptors (Lipinski definition) is 6. The Morgan fingerprint density at radius 3 is 2.40 bits per heavy atom. The summed E-state index contributed by atoms with van der Waals surface area (Å²) in [4.78, 5) is 15.7. The highest BCUT2D eigenvalue weighted by Crippen LogP contribution is 2.36. The number of imidazole rings is 1. The third-order valence-corrected chi connectivity index (χ3v) is 6.65. The Balaban J connectivity index is 0.000000269. The third kappa shape index (κ3) is 4.70. The first kappa shape index (κ1) is 22.0. The van der Waals surface area contributed by atoms with Crippen molar-refractivity contribution in [3.05, 3.63) is 29.4 Å². The predicted molar refractivity (Wildman–Crippen MR) is 119 cm³/mol. The molecule has 1 saturated carbocycles. The molecule has 0 radical (unpaired) electrons. The SMILES string of the molecule is CCC1CCCCC1.COc1cc2ncn(-c3cc(O)c(C(N)=O)s3)c2cc1OC. The van der Waals surface area contributed by atoms with Gasteiger partial charge in [0.15, 0.2) is 11.5 Å². The summed E-state index contributed by atoms with van der Waals surface area (Å²) in [5.41, 5.74) is 6.69. The summed E-state index contributed by atoms with van der Waals surface area (Å²) >= 11 is 1.09. The number of hydrogen-bond donors (Lipinski definition) is 2. The second kappa shape index (κ2) is 9.84. The first-order chi connectivity index (χ1) is 14.5. The van der Waals surface area contributed by atoms with E-state index in [-0.39, 0.29) is 10.6 Å². The van der Waals surface area contributed by atoms with E-state index < -0.39 is 5.91 Å². The molecule has 0 atom stereocenters. The molecular weight excluding hydrogens is 402 g/mol. The molecule has 4 rings (SSSR count). The molecule has 162 valence electrons. The number of fused-ring (bicyclic) bond motifs is 1. The number of aromatic hydroxyl groups is 1. The zero-order valence-electron chi connectivity index (χ0n) is 17.7. The Hall–Kier alpha value is -2.74. The normalized spacial score (nSPS) is 14.2. The number of methoxy groups -OCH3 is 2. The van der Waals surface area contributed by atoms with Crippen LogP contribution in [0.15, 0.2) is 24.5 Å². The average molecular weight is 432 g/mol. The molecule has 0 aliphatic heterocycles. The first-order valence-electron chi connectivity index (χ1n) is 10.2. The number of primary amides is 1. The maximum absolute atomic E-state index is 11.3. The maximum atomic E-state index is 11.3. The van der Waals surface area contributed by atoms with Gasteiger partial charge in [0.1, 0.15) is 22.0 Å². The van der Waals surface area contributed by atoms with Crippen LogP contribution >= 0.6 is 11.3 Å². The van der Waals surface area contributed by atoms with Gasteiger partial charge >= 0.3 is 0 Å². The van der Waals surface area contributed by atoms with E-state index in [2.05, 4.69) is 11.9 Å². The van der Waals surface area contributed by atoms with Crippen molar-refractivity contribution in [1.29, 1.82) is 0 Å². The number of rotatable bonds is 5. The van der Waals surface area contributed by atoms with E-state index in [1.807, 2.05) is 0 Å². The van der Waals surface area contributed by atoms with Gasteiger partial charge in [-0.2, -0.15) is 0 Å². The van der Waals surface area contributed by atoms with Gasteiger partial charge in [0.05, 0.1) is 25.3 Å². The second-order valence-electron chi connectivity index (χ2n) is 7.39. The molecule has 2 aromatic heterocycles. The molecule has 30 heavy (non-hydrogen) atoms. The molecule has 2 heterocycles. The highest BCUT2D eigenvalue weighted by molar-refractivity contribution is 7.16. The summed E-state index contributed by atoms with van der Waals surface area (Å²) < 4.78 is 12.3. The third-order valence-electron chi connectivity index (χ3n) is 5.52. The minimum atomic E-state index is -0.669. The van der Waals surface area contributed by atoms with Crippen LogP contribution in [-0.4, -0.2) is 34.8 Å². The largest absolute Gasteiger partial charge is 0.506 e. The zero-order valence-corrected chi connectivity index (χ0v) is 18.5. The van der Waals surface area contributed by atoms with Crippen LogP contribution < -0.4 is 15.2 Å². The van der Waals surface area contributed by atoms with E-state index in [4.69, 9.17) is 15.2 Å². The molecule has 3 aromatic rings. The van der Waals surface area contributed by atoms with E-state index in [9.17, 15) is 9.90 Å². The fraction of sp³-hybridized carbons (Fsp3) is 0.455. The van der Waals surface area contributed by atoms with Crippen LogP contribution in [-0.2, 0) is 0 Å². The standard InChI is InChI=1S/C14H13N3O4S.C8H16/c1-20-10-3-7-8(4-11(10)21-2)17(6-16-7)12-5-9(18)13(22-12)14(15)19;1-2-8-6-4-3-5-7-8/h3-6,18H,1-2H3,(H2,15,19);8H,2-7H2,1H3. The topological polar surface area (TPSA) is 99.6 Å². The fourth-order valence-corrected chi connectivity index (χ4v) is 4.66. The number of carbonyl (C=O) groups excluding carboxylic acids is 1. The van der Waals surface area contributed by atoms with E-state index in [0.29, 0.717) is 22.0 Å². The van der Waals surface area contributed by atoms with Crippen LogP contribution in [0.3, 0.4) is 0 Å². The summed E-state index contributed by atoms with van der Waals surface area (Å²) in [6, 6.07) is 5.01. The number of benzene rings is 1. The molecule has 1 aliphatic carbocycles. The molecule has 0 saturated heterocycles. The van der Waals surface area contributed by atoms with Gasteiger partial charge in [0.25, 0.3) is 5.91 Å². The first-order valence-corrected chi connectivity index (χ1v) is 11.0. The maximum Gasteiger partial charge on any atom is 0.262 e.